The van der Waals surface area contributed by atoms with Gasteiger partial charge < -0.3 is 13.9 Å². The highest BCUT2D eigenvalue weighted by Crippen LogP contribution is 2.47. The predicted molar refractivity (Wildman–Crippen MR) is 219 cm³/mol. The Morgan fingerprint density at radius 2 is 0.647 bits per heavy atom. The highest BCUT2D eigenvalue weighted by Gasteiger charge is 2.27. The Morgan fingerprint density at radius 1 is 0.392 bits per heavy atom. The number of rotatable bonds is 37. The number of phosphoric ester groups is 1. The summed E-state index contributed by atoms with van der Waals surface area (Å²) in [6, 6.07) is 9.41. The van der Waals surface area contributed by atoms with E-state index in [1.807, 2.05) is 30.3 Å². The second-order valence-corrected chi connectivity index (χ2v) is 17.6. The largest absolute Gasteiger partial charge is 0.472 e. The molecule has 0 unspecified atom stereocenters. The van der Waals surface area contributed by atoms with Crippen LogP contribution in [-0.2, 0) is 27.2 Å². The monoisotopic (exact) mass is 761 g/mol. The normalized spacial score (nSPS) is 11.9. The minimum Gasteiger partial charge on any atom is -0.305 e. The maximum atomic E-state index is 13.2. The van der Waals surface area contributed by atoms with E-state index in [2.05, 4.69) is 27.7 Å². The molecule has 1 rings (SSSR count). The molecule has 51 heavy (non-hydrogen) atoms. The fourth-order valence-electron chi connectivity index (χ4n) is 5.80. The zero-order chi connectivity index (χ0) is 37.6. The lowest BCUT2D eigenvalue weighted by Gasteiger charge is -2.19. The van der Waals surface area contributed by atoms with Crippen molar-refractivity contribution in [2.45, 2.75) is 207 Å². The third-order valence-corrected chi connectivity index (χ3v) is 12.1. The van der Waals surface area contributed by atoms with Crippen molar-refractivity contribution in [3.05, 3.63) is 30.3 Å². The molecule has 0 radical (unpaired) electrons. The zero-order valence-electron chi connectivity index (χ0n) is 33.8. The third kappa shape index (κ3) is 33.8. The standard InChI is InChI=1S/C22H39O3P.C20H43O4P/c1-3-5-7-9-11-16-20-24-26(23,22-18-14-13-15-19-22)25-21-17-12-10-8-6-4-2;1-3-5-7-9-11-13-15-17-19-23-25(21,22)24-20-18-16-14-12-10-8-6-4-2/h13-15,18-19H,3-12,16-17,20-21H2,1-2H3;3-20H2,1-2H3,(H,21,22). The van der Waals surface area contributed by atoms with Crippen LogP contribution in [0.3, 0.4) is 0 Å². The fraction of sp³-hybridized carbons (Fsp3) is 0.857. The van der Waals surface area contributed by atoms with E-state index in [0.717, 1.165) is 51.4 Å². The van der Waals surface area contributed by atoms with Gasteiger partial charge in [-0.25, -0.2) is 4.57 Å². The molecule has 0 saturated heterocycles. The first kappa shape index (κ1) is 50.5. The van der Waals surface area contributed by atoms with Crippen molar-refractivity contribution < 1.29 is 32.1 Å². The van der Waals surface area contributed by atoms with E-state index in [1.54, 1.807) is 0 Å². The second kappa shape index (κ2) is 37.8. The molecule has 1 N–H and O–H groups in total. The van der Waals surface area contributed by atoms with Crippen LogP contribution < -0.4 is 5.30 Å². The highest BCUT2D eigenvalue weighted by molar-refractivity contribution is 7.62. The molecule has 0 atom stereocenters. The molecule has 0 saturated carbocycles. The van der Waals surface area contributed by atoms with E-state index in [4.69, 9.17) is 18.1 Å². The summed E-state index contributed by atoms with van der Waals surface area (Å²) >= 11 is 0. The minimum absolute atomic E-state index is 0.320. The van der Waals surface area contributed by atoms with Crippen molar-refractivity contribution in [3.8, 4) is 0 Å². The van der Waals surface area contributed by atoms with Crippen LogP contribution in [0.2, 0.25) is 0 Å². The van der Waals surface area contributed by atoms with E-state index >= 15 is 0 Å². The number of hydrogen-bond donors (Lipinski definition) is 1. The molecule has 0 aliphatic carbocycles. The Labute approximate surface area is 316 Å². The number of phosphoric acid groups is 1. The van der Waals surface area contributed by atoms with E-state index in [-0.39, 0.29) is 0 Å². The summed E-state index contributed by atoms with van der Waals surface area (Å²) in [5.41, 5.74) is 0. The van der Waals surface area contributed by atoms with Gasteiger partial charge in [0, 0.05) is 0 Å². The van der Waals surface area contributed by atoms with Gasteiger partial charge in [0.15, 0.2) is 0 Å². The molecule has 302 valence electrons. The molecule has 0 bridgehead atoms. The predicted octanol–water partition coefficient (Wildman–Crippen LogP) is 14.7. The summed E-state index contributed by atoms with van der Waals surface area (Å²) in [4.78, 5) is 9.63. The Kier molecular flexibility index (Phi) is 37.4. The lowest BCUT2D eigenvalue weighted by Crippen LogP contribution is -2.11. The van der Waals surface area contributed by atoms with Crippen LogP contribution in [0, 0.1) is 0 Å². The van der Waals surface area contributed by atoms with Crippen LogP contribution in [0.4, 0.5) is 0 Å². The maximum Gasteiger partial charge on any atom is 0.472 e. The van der Waals surface area contributed by atoms with E-state index in [1.165, 1.54) is 128 Å². The zero-order valence-corrected chi connectivity index (χ0v) is 35.6. The molecule has 0 aliphatic rings. The first-order valence-electron chi connectivity index (χ1n) is 21.4. The molecule has 0 fully saturated rings. The first-order valence-corrected chi connectivity index (χ1v) is 24.5. The first-order chi connectivity index (χ1) is 24.8. The van der Waals surface area contributed by atoms with Crippen molar-refractivity contribution in [3.63, 3.8) is 0 Å². The summed E-state index contributed by atoms with van der Waals surface area (Å²) < 4.78 is 46.7. The van der Waals surface area contributed by atoms with Crippen molar-refractivity contribution in [1.29, 1.82) is 0 Å². The topological polar surface area (TPSA) is 91.3 Å². The Hall–Kier alpha value is -0.520. The van der Waals surface area contributed by atoms with Gasteiger partial charge in [-0.2, -0.15) is 0 Å². The van der Waals surface area contributed by atoms with Crippen LogP contribution >= 0.6 is 15.4 Å². The van der Waals surface area contributed by atoms with Crippen LogP contribution in [0.1, 0.15) is 207 Å². The van der Waals surface area contributed by atoms with Gasteiger partial charge in [0.25, 0.3) is 0 Å². The summed E-state index contributed by atoms with van der Waals surface area (Å²) in [6.07, 6.45) is 33.4. The van der Waals surface area contributed by atoms with Crippen LogP contribution in [0.25, 0.3) is 0 Å². The molecule has 0 spiro atoms. The molecule has 0 aliphatic heterocycles. The number of benzene rings is 1. The van der Waals surface area contributed by atoms with Gasteiger partial charge in [0.1, 0.15) is 0 Å². The maximum absolute atomic E-state index is 13.2. The Bertz CT molecular complexity index is 883. The lowest BCUT2D eigenvalue weighted by molar-refractivity contribution is 0.145. The molecule has 0 aromatic heterocycles. The fourth-order valence-corrected chi connectivity index (χ4v) is 8.24. The van der Waals surface area contributed by atoms with Crippen molar-refractivity contribution in [1.82, 2.24) is 0 Å². The molecule has 9 heteroatoms. The van der Waals surface area contributed by atoms with E-state index in [0.29, 0.717) is 31.7 Å². The summed E-state index contributed by atoms with van der Waals surface area (Å²) in [5.74, 6) is 0. The van der Waals surface area contributed by atoms with Crippen LogP contribution in [0.15, 0.2) is 30.3 Å². The van der Waals surface area contributed by atoms with Crippen molar-refractivity contribution in [2.75, 3.05) is 26.4 Å². The highest BCUT2D eigenvalue weighted by atomic mass is 31.2. The quantitative estimate of drug-likeness (QED) is 0.0533. The molecule has 0 amide bonds. The van der Waals surface area contributed by atoms with E-state index in [9.17, 15) is 14.0 Å². The van der Waals surface area contributed by atoms with Gasteiger partial charge in [-0.05, 0) is 37.8 Å². The van der Waals surface area contributed by atoms with Gasteiger partial charge in [-0.3, -0.25) is 13.6 Å². The Morgan fingerprint density at radius 3 is 0.941 bits per heavy atom. The average Bonchev–Trinajstić information content (AvgIpc) is 3.13. The van der Waals surface area contributed by atoms with Crippen LogP contribution in [0.5, 0.6) is 0 Å². The van der Waals surface area contributed by atoms with Crippen LogP contribution in [-0.4, -0.2) is 31.3 Å². The SMILES string of the molecule is CCCCCCCCCCOP(=O)(O)OCCCCCCCCCC.CCCCCCCCOP(=O)(OCCCCCCCC)c1ccccc1. The van der Waals surface area contributed by atoms with Gasteiger partial charge in [0.2, 0.25) is 0 Å². The van der Waals surface area contributed by atoms with Gasteiger partial charge in [0.05, 0.1) is 31.7 Å². The van der Waals surface area contributed by atoms with E-state index < -0.39 is 15.4 Å². The van der Waals surface area contributed by atoms with Crippen molar-refractivity contribution >= 4 is 20.7 Å². The third-order valence-electron chi connectivity index (χ3n) is 9.10. The Balaban J connectivity index is 0.000000982. The lowest BCUT2D eigenvalue weighted by atomic mass is 10.1. The second-order valence-electron chi connectivity index (χ2n) is 14.1. The minimum atomic E-state index is -3.83. The molecule has 7 nitrogen and oxygen atoms in total. The number of unbranched alkanes of at least 4 members (excludes halogenated alkanes) is 24. The van der Waals surface area contributed by atoms with Crippen molar-refractivity contribution in [2.24, 2.45) is 0 Å². The number of hydrogen-bond acceptors (Lipinski definition) is 6. The van der Waals surface area contributed by atoms with Gasteiger partial charge in [-0.1, -0.05) is 200 Å². The van der Waals surface area contributed by atoms with Gasteiger partial charge >= 0.3 is 15.4 Å². The summed E-state index contributed by atoms with van der Waals surface area (Å²) in [6.45, 7) is 10.5. The summed E-state index contributed by atoms with van der Waals surface area (Å²) in [7, 11) is -7.03. The average molecular weight is 761 g/mol. The van der Waals surface area contributed by atoms with Gasteiger partial charge in [-0.15, -0.1) is 0 Å². The molecular weight excluding hydrogens is 678 g/mol. The molecular formula is C42H82O7P2. The molecule has 0 heterocycles. The summed E-state index contributed by atoms with van der Waals surface area (Å²) in [5, 5.41) is 0.678. The smallest absolute Gasteiger partial charge is 0.305 e. The molecule has 1 aromatic rings. The molecule has 1 aromatic carbocycles.